The number of nitrogens with one attached hydrogen (secondary N) is 1. The number of rotatable bonds is 5. The number of nitrogens with zero attached hydrogens (tertiary/aromatic N) is 1. The molecule has 3 heteroatoms. The molecule has 0 radical (unpaired) electrons. The highest BCUT2D eigenvalue weighted by molar-refractivity contribution is 4.87. The summed E-state index contributed by atoms with van der Waals surface area (Å²) < 4.78 is 0. The summed E-state index contributed by atoms with van der Waals surface area (Å²) in [5.74, 6) is 1.67. The summed E-state index contributed by atoms with van der Waals surface area (Å²) in [6, 6.07) is 0.713. The smallest absolute Gasteiger partial charge is 0.0632 e. The van der Waals surface area contributed by atoms with Gasteiger partial charge >= 0.3 is 0 Å². The Balaban J connectivity index is 1.88. The maximum atomic E-state index is 10.2. The Hall–Kier alpha value is -0.120. The van der Waals surface area contributed by atoms with E-state index in [1.807, 2.05) is 6.92 Å². The van der Waals surface area contributed by atoms with E-state index in [1.165, 1.54) is 38.8 Å². The summed E-state index contributed by atoms with van der Waals surface area (Å²) in [6.45, 7) is 11.3. The average molecular weight is 296 g/mol. The third-order valence-electron chi connectivity index (χ3n) is 5.55. The van der Waals surface area contributed by atoms with Crippen LogP contribution in [0, 0.1) is 11.8 Å². The van der Waals surface area contributed by atoms with Gasteiger partial charge in [0, 0.05) is 19.1 Å². The average Bonchev–Trinajstić information content (AvgIpc) is 2.59. The van der Waals surface area contributed by atoms with Crippen molar-refractivity contribution < 1.29 is 5.11 Å². The van der Waals surface area contributed by atoms with Crippen molar-refractivity contribution in [3.8, 4) is 0 Å². The van der Waals surface area contributed by atoms with Crippen molar-refractivity contribution in [3.63, 3.8) is 0 Å². The van der Waals surface area contributed by atoms with Gasteiger partial charge in [-0.15, -0.1) is 0 Å². The fourth-order valence-electron chi connectivity index (χ4n) is 4.13. The Labute approximate surface area is 131 Å². The number of likely N-dealkylation sites (tertiary alicyclic amines) is 1. The maximum Gasteiger partial charge on any atom is 0.0632 e. The van der Waals surface area contributed by atoms with Crippen LogP contribution in [0.15, 0.2) is 0 Å². The molecule has 1 aliphatic carbocycles. The van der Waals surface area contributed by atoms with Gasteiger partial charge in [-0.1, -0.05) is 13.8 Å². The van der Waals surface area contributed by atoms with Crippen LogP contribution in [0.1, 0.15) is 65.7 Å². The minimum atomic E-state index is -0.436. The quantitative estimate of drug-likeness (QED) is 0.818. The van der Waals surface area contributed by atoms with E-state index in [1.54, 1.807) is 0 Å². The van der Waals surface area contributed by atoms with Gasteiger partial charge in [0.2, 0.25) is 0 Å². The molecule has 4 unspecified atom stereocenters. The molecule has 4 atom stereocenters. The monoisotopic (exact) mass is 296 g/mol. The fourth-order valence-corrected chi connectivity index (χ4v) is 4.13. The van der Waals surface area contributed by atoms with Crippen LogP contribution in [-0.2, 0) is 0 Å². The third-order valence-corrected chi connectivity index (χ3v) is 5.55. The van der Waals surface area contributed by atoms with Crippen LogP contribution in [-0.4, -0.2) is 47.8 Å². The molecule has 2 fully saturated rings. The molecule has 1 saturated heterocycles. The zero-order valence-corrected chi connectivity index (χ0v) is 14.4. The van der Waals surface area contributed by atoms with Crippen molar-refractivity contribution in [3.05, 3.63) is 0 Å². The van der Waals surface area contributed by atoms with E-state index < -0.39 is 5.60 Å². The minimum Gasteiger partial charge on any atom is -0.390 e. The Kier molecular flexibility index (Phi) is 6.51. The van der Waals surface area contributed by atoms with Crippen molar-refractivity contribution >= 4 is 0 Å². The van der Waals surface area contributed by atoms with E-state index in [9.17, 15) is 5.11 Å². The zero-order chi connectivity index (χ0) is 15.3. The highest BCUT2D eigenvalue weighted by Crippen LogP contribution is 2.31. The lowest BCUT2D eigenvalue weighted by molar-refractivity contribution is 0.0433. The van der Waals surface area contributed by atoms with Crippen LogP contribution in [0.4, 0.5) is 0 Å². The lowest BCUT2D eigenvalue weighted by atomic mass is 9.78. The van der Waals surface area contributed by atoms with Gasteiger partial charge < -0.3 is 15.3 Å². The topological polar surface area (TPSA) is 35.5 Å². The SMILES string of the molecule is CCCNC1CCC(C)CC1CN1CCCC(C)(O)CC1. The highest BCUT2D eigenvalue weighted by atomic mass is 16.3. The second-order valence-corrected chi connectivity index (χ2v) is 7.89. The molecule has 1 heterocycles. The Morgan fingerprint density at radius 1 is 1.24 bits per heavy atom. The number of aliphatic hydroxyl groups is 1. The summed E-state index contributed by atoms with van der Waals surface area (Å²) in [5, 5.41) is 14.0. The van der Waals surface area contributed by atoms with E-state index in [2.05, 4.69) is 24.1 Å². The first kappa shape index (κ1) is 17.2. The summed E-state index contributed by atoms with van der Waals surface area (Å²) >= 11 is 0. The van der Waals surface area contributed by atoms with Crippen molar-refractivity contribution in [2.45, 2.75) is 77.4 Å². The zero-order valence-electron chi connectivity index (χ0n) is 14.4. The first-order valence-corrected chi connectivity index (χ1v) is 9.18. The fraction of sp³-hybridized carbons (Fsp3) is 1.00. The molecule has 0 aromatic rings. The highest BCUT2D eigenvalue weighted by Gasteiger charge is 2.31. The molecule has 2 aliphatic rings. The predicted octanol–water partition coefficient (Wildman–Crippen LogP) is 3.03. The maximum absolute atomic E-state index is 10.2. The van der Waals surface area contributed by atoms with Crippen LogP contribution in [0.2, 0.25) is 0 Å². The van der Waals surface area contributed by atoms with Gasteiger partial charge in [0.05, 0.1) is 5.60 Å². The van der Waals surface area contributed by atoms with Crippen molar-refractivity contribution in [2.24, 2.45) is 11.8 Å². The van der Waals surface area contributed by atoms with Gasteiger partial charge in [-0.25, -0.2) is 0 Å². The van der Waals surface area contributed by atoms with Gasteiger partial charge in [-0.05, 0) is 76.8 Å². The van der Waals surface area contributed by atoms with Gasteiger partial charge in [0.15, 0.2) is 0 Å². The molecule has 0 aromatic heterocycles. The van der Waals surface area contributed by atoms with Gasteiger partial charge in [0.25, 0.3) is 0 Å². The molecule has 0 aromatic carbocycles. The molecule has 0 spiro atoms. The molecular weight excluding hydrogens is 260 g/mol. The van der Waals surface area contributed by atoms with Crippen LogP contribution >= 0.6 is 0 Å². The number of hydrogen-bond donors (Lipinski definition) is 2. The Morgan fingerprint density at radius 3 is 2.81 bits per heavy atom. The van der Waals surface area contributed by atoms with Crippen LogP contribution in [0.25, 0.3) is 0 Å². The number of hydrogen-bond acceptors (Lipinski definition) is 3. The van der Waals surface area contributed by atoms with Crippen LogP contribution in [0.3, 0.4) is 0 Å². The lowest BCUT2D eigenvalue weighted by Gasteiger charge is -2.38. The van der Waals surface area contributed by atoms with E-state index >= 15 is 0 Å². The van der Waals surface area contributed by atoms with Crippen molar-refractivity contribution in [1.82, 2.24) is 10.2 Å². The lowest BCUT2D eigenvalue weighted by Crippen LogP contribution is -2.46. The molecule has 0 amide bonds. The van der Waals surface area contributed by atoms with E-state index in [0.717, 1.165) is 44.2 Å². The molecule has 2 rings (SSSR count). The largest absolute Gasteiger partial charge is 0.390 e. The molecule has 2 N–H and O–H groups in total. The van der Waals surface area contributed by atoms with Gasteiger partial charge in [-0.2, -0.15) is 0 Å². The molecule has 21 heavy (non-hydrogen) atoms. The minimum absolute atomic E-state index is 0.436. The molecule has 124 valence electrons. The van der Waals surface area contributed by atoms with Gasteiger partial charge in [0.1, 0.15) is 0 Å². The summed E-state index contributed by atoms with van der Waals surface area (Å²) in [7, 11) is 0. The Morgan fingerprint density at radius 2 is 2.05 bits per heavy atom. The predicted molar refractivity (Wildman–Crippen MR) is 89.5 cm³/mol. The van der Waals surface area contributed by atoms with E-state index in [4.69, 9.17) is 0 Å². The summed E-state index contributed by atoms with van der Waals surface area (Å²) in [4.78, 5) is 2.62. The summed E-state index contributed by atoms with van der Waals surface area (Å²) in [5.41, 5.74) is -0.436. The van der Waals surface area contributed by atoms with E-state index in [-0.39, 0.29) is 0 Å². The molecule has 3 nitrogen and oxygen atoms in total. The molecule has 1 aliphatic heterocycles. The summed E-state index contributed by atoms with van der Waals surface area (Å²) in [6.07, 6.45) is 8.36. The molecule has 0 bridgehead atoms. The Bertz CT molecular complexity index is 304. The van der Waals surface area contributed by atoms with E-state index in [0.29, 0.717) is 6.04 Å². The van der Waals surface area contributed by atoms with Crippen molar-refractivity contribution in [1.29, 1.82) is 0 Å². The standard InChI is InChI=1S/C18H36N2O/c1-4-10-19-17-7-6-15(2)13-16(17)14-20-11-5-8-18(3,21)9-12-20/h15-17,19,21H,4-14H2,1-3H3. The van der Waals surface area contributed by atoms with Crippen molar-refractivity contribution in [2.75, 3.05) is 26.2 Å². The van der Waals surface area contributed by atoms with Crippen LogP contribution < -0.4 is 5.32 Å². The normalized spacial score (nSPS) is 39.1. The second kappa shape index (κ2) is 7.94. The van der Waals surface area contributed by atoms with Crippen LogP contribution in [0.5, 0.6) is 0 Å². The first-order chi connectivity index (χ1) is 10.00. The molecule has 1 saturated carbocycles. The second-order valence-electron chi connectivity index (χ2n) is 7.89. The third kappa shape index (κ3) is 5.54. The molecular formula is C18H36N2O. The van der Waals surface area contributed by atoms with Gasteiger partial charge in [-0.3, -0.25) is 0 Å². The first-order valence-electron chi connectivity index (χ1n) is 9.18.